The van der Waals surface area contributed by atoms with Crippen LogP contribution in [0.25, 0.3) is 72.3 Å². The van der Waals surface area contributed by atoms with E-state index in [4.69, 9.17) is 19.4 Å². The van der Waals surface area contributed by atoms with Gasteiger partial charge in [-0.15, -0.1) is 0 Å². The van der Waals surface area contributed by atoms with Gasteiger partial charge in [0.05, 0.1) is 28.1 Å². The van der Waals surface area contributed by atoms with Crippen LogP contribution in [0.2, 0.25) is 0 Å². The second-order valence-electron chi connectivity index (χ2n) is 11.4. The van der Waals surface area contributed by atoms with E-state index in [1.165, 1.54) is 0 Å². The predicted molar refractivity (Wildman–Crippen MR) is 171 cm³/mol. The van der Waals surface area contributed by atoms with Crippen LogP contribution in [-0.4, -0.2) is 21.2 Å². The fraction of sp³-hybridized carbons (Fsp3) is 0.0811. The fourth-order valence-corrected chi connectivity index (χ4v) is 6.41. The zero-order valence-electron chi connectivity index (χ0n) is 22.8. The molecule has 5 nitrogen and oxygen atoms in total. The van der Waals surface area contributed by atoms with Gasteiger partial charge in [-0.05, 0) is 66.2 Å². The number of benzene rings is 3. The Balaban J connectivity index is 1.16. The van der Waals surface area contributed by atoms with Gasteiger partial charge in [-0.2, -0.15) is 0 Å². The van der Waals surface area contributed by atoms with Gasteiger partial charge in [0.1, 0.15) is 17.2 Å². The van der Waals surface area contributed by atoms with Crippen molar-refractivity contribution in [3.05, 3.63) is 121 Å². The number of nitrogens with zero attached hydrogens (tertiary/aromatic N) is 4. The Hall–Kier alpha value is -5.42. The maximum Gasteiger partial charge on any atom is 0.135 e. The summed E-state index contributed by atoms with van der Waals surface area (Å²) in [5.74, 6) is 0. The van der Waals surface area contributed by atoms with Crippen LogP contribution in [0.1, 0.15) is 24.2 Å². The normalized spacial score (nSPS) is 19.1. The lowest BCUT2D eigenvalue weighted by Gasteiger charge is -2.35. The van der Waals surface area contributed by atoms with Crippen molar-refractivity contribution in [2.24, 2.45) is 10.4 Å². The van der Waals surface area contributed by atoms with Crippen LogP contribution in [0.15, 0.2) is 119 Å². The van der Waals surface area contributed by atoms with Crippen LogP contribution in [0.5, 0.6) is 0 Å². The Bertz CT molecular complexity index is 2340. The van der Waals surface area contributed by atoms with Crippen LogP contribution in [0, 0.1) is 5.41 Å². The summed E-state index contributed by atoms with van der Waals surface area (Å²) in [4.78, 5) is 19.6. The summed E-state index contributed by atoms with van der Waals surface area (Å²) in [6.45, 7) is 2.21. The zero-order valence-corrected chi connectivity index (χ0v) is 22.8. The lowest BCUT2D eigenvalue weighted by Crippen LogP contribution is -2.26. The van der Waals surface area contributed by atoms with E-state index in [-0.39, 0.29) is 11.5 Å². The maximum atomic E-state index is 6.25. The summed E-state index contributed by atoms with van der Waals surface area (Å²) >= 11 is 0. The average Bonchev–Trinajstić information content (AvgIpc) is 3.41. The number of aliphatic imine (C=N–C) groups is 1. The summed E-state index contributed by atoms with van der Waals surface area (Å²) < 4.78 is 6.25. The highest BCUT2D eigenvalue weighted by molar-refractivity contribution is 6.08. The topological polar surface area (TPSA) is 64.2 Å². The van der Waals surface area contributed by atoms with Crippen molar-refractivity contribution < 1.29 is 4.42 Å². The summed E-state index contributed by atoms with van der Waals surface area (Å²) in [5.41, 5.74) is 9.42. The second-order valence-corrected chi connectivity index (χ2v) is 11.4. The van der Waals surface area contributed by atoms with Crippen molar-refractivity contribution >= 4 is 56.0 Å². The number of hydrogen-bond acceptors (Lipinski definition) is 5. The van der Waals surface area contributed by atoms with E-state index in [2.05, 4.69) is 96.9 Å². The Morgan fingerprint density at radius 1 is 0.714 bits per heavy atom. The largest absolute Gasteiger partial charge is 0.456 e. The van der Waals surface area contributed by atoms with Gasteiger partial charge in [-0.3, -0.25) is 9.98 Å². The Morgan fingerprint density at radius 2 is 1.43 bits per heavy atom. The zero-order chi connectivity index (χ0) is 27.8. The van der Waals surface area contributed by atoms with Gasteiger partial charge in [0.15, 0.2) is 0 Å². The van der Waals surface area contributed by atoms with Gasteiger partial charge in [-0.1, -0.05) is 55.5 Å². The van der Waals surface area contributed by atoms with Crippen molar-refractivity contribution in [1.82, 2.24) is 15.0 Å². The summed E-state index contributed by atoms with van der Waals surface area (Å²) in [7, 11) is 0. The number of fused-ring (bicyclic) bond motifs is 9. The quantitative estimate of drug-likeness (QED) is 0.205. The third-order valence-corrected chi connectivity index (χ3v) is 8.70. The molecule has 2 unspecified atom stereocenters. The molecule has 0 fully saturated rings. The average molecular weight is 541 g/mol. The molecule has 1 aliphatic heterocycles. The summed E-state index contributed by atoms with van der Waals surface area (Å²) in [5, 5.41) is 4.27. The van der Waals surface area contributed by atoms with E-state index in [1.807, 2.05) is 36.7 Å². The molecule has 9 rings (SSSR count). The number of dihydropyridines is 1. The maximum absolute atomic E-state index is 6.25. The van der Waals surface area contributed by atoms with Crippen molar-refractivity contribution in [3.63, 3.8) is 0 Å². The van der Waals surface area contributed by atoms with E-state index in [9.17, 15) is 0 Å². The predicted octanol–water partition coefficient (Wildman–Crippen LogP) is 9.13. The monoisotopic (exact) mass is 540 g/mol. The Morgan fingerprint density at radius 3 is 2.24 bits per heavy atom. The highest BCUT2D eigenvalue weighted by Crippen LogP contribution is 2.46. The molecule has 5 heteroatoms. The molecule has 0 amide bonds. The van der Waals surface area contributed by atoms with Gasteiger partial charge in [-0.25, -0.2) is 9.97 Å². The van der Waals surface area contributed by atoms with Crippen molar-refractivity contribution in [2.75, 3.05) is 0 Å². The molecule has 1 aliphatic carbocycles. The lowest BCUT2D eigenvalue weighted by atomic mass is 9.74. The third kappa shape index (κ3) is 3.43. The molecular weight excluding hydrogens is 516 g/mol. The number of allylic oxidation sites excluding steroid dienone is 1. The molecule has 198 valence electrons. The van der Waals surface area contributed by atoms with Crippen LogP contribution in [-0.2, 0) is 0 Å². The molecule has 0 saturated heterocycles. The van der Waals surface area contributed by atoms with Gasteiger partial charge >= 0.3 is 0 Å². The molecule has 0 bridgehead atoms. The van der Waals surface area contributed by atoms with Crippen LogP contribution < -0.4 is 0 Å². The van der Waals surface area contributed by atoms with Gasteiger partial charge in [0, 0.05) is 50.5 Å². The minimum atomic E-state index is -0.159. The van der Waals surface area contributed by atoms with Gasteiger partial charge in [0.25, 0.3) is 0 Å². The SMILES string of the molecule is CC12C=CC=NC1c1nc(-c3ccc4oc5ccc(-c6ccc7ccc8cccnc8c7n6)cc5c4c3)ccc1C=C2. The van der Waals surface area contributed by atoms with E-state index in [1.54, 1.807) is 0 Å². The molecule has 2 atom stereocenters. The van der Waals surface area contributed by atoms with Gasteiger partial charge < -0.3 is 4.42 Å². The van der Waals surface area contributed by atoms with Crippen molar-refractivity contribution in [2.45, 2.75) is 13.0 Å². The number of hydrogen-bond donors (Lipinski definition) is 0. The molecular formula is C37H24N4O. The first-order valence-corrected chi connectivity index (χ1v) is 14.2. The van der Waals surface area contributed by atoms with E-state index in [0.717, 1.165) is 77.5 Å². The number of pyridine rings is 3. The molecule has 0 radical (unpaired) electrons. The van der Waals surface area contributed by atoms with E-state index >= 15 is 0 Å². The summed E-state index contributed by atoms with van der Waals surface area (Å²) in [6.07, 6.45) is 12.3. The van der Waals surface area contributed by atoms with Crippen LogP contribution in [0.4, 0.5) is 0 Å². The second kappa shape index (κ2) is 8.54. The van der Waals surface area contributed by atoms with Crippen LogP contribution >= 0.6 is 0 Å². The Kier molecular flexibility index (Phi) is 4.74. The molecule has 0 spiro atoms. The highest BCUT2D eigenvalue weighted by atomic mass is 16.3. The molecule has 42 heavy (non-hydrogen) atoms. The number of rotatable bonds is 2. The fourth-order valence-electron chi connectivity index (χ4n) is 6.41. The number of furan rings is 1. The van der Waals surface area contributed by atoms with Crippen LogP contribution in [0.3, 0.4) is 0 Å². The van der Waals surface area contributed by atoms with E-state index in [0.29, 0.717) is 0 Å². The van der Waals surface area contributed by atoms with E-state index < -0.39 is 0 Å². The molecule has 4 aromatic heterocycles. The first-order valence-electron chi connectivity index (χ1n) is 14.2. The standard InChI is InChI=1S/C37H24N4O/c1-37-16-3-19-39-36(37)35-24(15-17-37)8-12-30(41-35)26-10-14-32-28(21-26)27-20-25(9-13-31(27)42-32)29-11-7-23-6-5-22-4-2-18-38-33(22)34(23)40-29/h2-21,36H,1H3. The molecule has 2 aliphatic rings. The highest BCUT2D eigenvalue weighted by Gasteiger charge is 2.36. The van der Waals surface area contributed by atoms with Crippen molar-refractivity contribution in [3.8, 4) is 22.5 Å². The molecule has 3 aromatic carbocycles. The molecule has 7 aromatic rings. The lowest BCUT2D eigenvalue weighted by molar-refractivity contribution is 0.423. The Labute approximate surface area is 241 Å². The molecule has 5 heterocycles. The number of aromatic nitrogens is 3. The van der Waals surface area contributed by atoms with Gasteiger partial charge in [0.2, 0.25) is 0 Å². The first kappa shape index (κ1) is 23.3. The van der Waals surface area contributed by atoms with Crippen molar-refractivity contribution in [1.29, 1.82) is 0 Å². The third-order valence-electron chi connectivity index (χ3n) is 8.70. The molecule has 0 saturated carbocycles. The minimum absolute atomic E-state index is 0.0229. The minimum Gasteiger partial charge on any atom is -0.456 e. The first-order chi connectivity index (χ1) is 20.6. The summed E-state index contributed by atoms with van der Waals surface area (Å²) in [6, 6.07) is 29.3. The smallest absolute Gasteiger partial charge is 0.135 e. The molecule has 0 N–H and O–H groups in total.